The Morgan fingerprint density at radius 1 is 1.73 bits per heavy atom. The molecule has 0 saturated carbocycles. The Balaban J connectivity index is 2.29. The highest BCUT2D eigenvalue weighted by molar-refractivity contribution is 5.68. The molecule has 2 rings (SSSR count). The van der Waals surface area contributed by atoms with E-state index in [0.29, 0.717) is 0 Å². The summed E-state index contributed by atoms with van der Waals surface area (Å²) in [6.07, 6.45) is 3.56. The number of aromatic nitrogens is 1. The Kier molecular flexibility index (Phi) is 2.29. The Morgan fingerprint density at radius 3 is 3.13 bits per heavy atom. The molecule has 1 aliphatic rings. The van der Waals surface area contributed by atoms with Crippen LogP contribution < -0.4 is 0 Å². The van der Waals surface area contributed by atoms with Crippen LogP contribution in [-0.2, 0) is 11.2 Å². The van der Waals surface area contributed by atoms with E-state index in [1.165, 1.54) is 0 Å². The summed E-state index contributed by atoms with van der Waals surface area (Å²) in [7, 11) is 0. The molecule has 4 heteroatoms. The number of hydrogen-bond acceptors (Lipinski definition) is 3. The summed E-state index contributed by atoms with van der Waals surface area (Å²) < 4.78 is 5.16. The summed E-state index contributed by atoms with van der Waals surface area (Å²) >= 11 is 0. The monoisotopic (exact) mass is 209 g/mol. The van der Waals surface area contributed by atoms with Gasteiger partial charge in [0, 0.05) is 12.0 Å². The number of aliphatic carboxylic acids is 1. The Bertz CT molecular complexity index is 381. The topological polar surface area (TPSA) is 63.3 Å². The molecule has 1 heterocycles. The quantitative estimate of drug-likeness (QED) is 0.811. The average molecular weight is 209 g/mol. The first-order valence-corrected chi connectivity index (χ1v) is 5.13. The molecule has 0 bridgehead atoms. The van der Waals surface area contributed by atoms with Gasteiger partial charge in [0.25, 0.3) is 0 Å². The SMILES string of the molecule is CC1(C)Cc2oncc2C(CC(=O)O)C1. The minimum atomic E-state index is -0.759. The van der Waals surface area contributed by atoms with Crippen LogP contribution in [0.25, 0.3) is 0 Å². The summed E-state index contributed by atoms with van der Waals surface area (Å²) in [5, 5.41) is 12.6. The van der Waals surface area contributed by atoms with Gasteiger partial charge in [0.1, 0.15) is 5.76 Å². The number of fused-ring (bicyclic) bond motifs is 1. The molecule has 0 spiro atoms. The van der Waals surface area contributed by atoms with Crippen molar-refractivity contribution in [3.05, 3.63) is 17.5 Å². The van der Waals surface area contributed by atoms with E-state index >= 15 is 0 Å². The van der Waals surface area contributed by atoms with Crippen LogP contribution in [0.15, 0.2) is 10.7 Å². The third kappa shape index (κ3) is 2.03. The number of nitrogens with zero attached hydrogens (tertiary/aromatic N) is 1. The predicted octanol–water partition coefficient (Wildman–Crippen LogP) is 2.21. The van der Waals surface area contributed by atoms with Crippen molar-refractivity contribution in [2.45, 2.75) is 39.0 Å². The van der Waals surface area contributed by atoms with Crippen LogP contribution in [0, 0.1) is 5.41 Å². The molecular formula is C11H15NO3. The molecule has 1 aromatic rings. The smallest absolute Gasteiger partial charge is 0.303 e. The number of hydrogen-bond donors (Lipinski definition) is 1. The van der Waals surface area contributed by atoms with Crippen molar-refractivity contribution >= 4 is 5.97 Å². The van der Waals surface area contributed by atoms with Gasteiger partial charge in [-0.3, -0.25) is 4.79 Å². The maximum absolute atomic E-state index is 10.8. The molecule has 1 aromatic heterocycles. The Morgan fingerprint density at radius 2 is 2.47 bits per heavy atom. The molecule has 1 aliphatic carbocycles. The van der Waals surface area contributed by atoms with Crippen LogP contribution in [-0.4, -0.2) is 16.2 Å². The number of carboxylic acids is 1. The van der Waals surface area contributed by atoms with Crippen molar-refractivity contribution in [2.75, 3.05) is 0 Å². The summed E-state index contributed by atoms with van der Waals surface area (Å²) in [5.41, 5.74) is 1.09. The lowest BCUT2D eigenvalue weighted by Gasteiger charge is -2.32. The van der Waals surface area contributed by atoms with E-state index in [9.17, 15) is 4.79 Å². The van der Waals surface area contributed by atoms with Gasteiger partial charge < -0.3 is 9.63 Å². The van der Waals surface area contributed by atoms with Crippen molar-refractivity contribution in [3.8, 4) is 0 Å². The van der Waals surface area contributed by atoms with E-state index in [-0.39, 0.29) is 17.8 Å². The number of carboxylic acid groups (broad SMARTS) is 1. The molecule has 4 nitrogen and oxygen atoms in total. The van der Waals surface area contributed by atoms with Crippen LogP contribution in [0.2, 0.25) is 0 Å². The van der Waals surface area contributed by atoms with Crippen LogP contribution >= 0.6 is 0 Å². The third-order valence-corrected chi connectivity index (χ3v) is 2.98. The molecule has 0 aliphatic heterocycles. The van der Waals surface area contributed by atoms with Crippen molar-refractivity contribution < 1.29 is 14.4 Å². The van der Waals surface area contributed by atoms with Gasteiger partial charge in [-0.25, -0.2) is 0 Å². The van der Waals surface area contributed by atoms with Crippen molar-refractivity contribution in [1.82, 2.24) is 5.16 Å². The van der Waals surface area contributed by atoms with E-state index in [1.807, 2.05) is 0 Å². The van der Waals surface area contributed by atoms with E-state index in [0.717, 1.165) is 24.2 Å². The van der Waals surface area contributed by atoms with Gasteiger partial charge in [-0.05, 0) is 17.8 Å². The summed E-state index contributed by atoms with van der Waals surface area (Å²) in [6, 6.07) is 0. The molecule has 0 amide bonds. The highest BCUT2D eigenvalue weighted by Crippen LogP contribution is 2.43. The van der Waals surface area contributed by atoms with Gasteiger partial charge in [0.2, 0.25) is 0 Å². The average Bonchev–Trinajstić information content (AvgIpc) is 2.48. The van der Waals surface area contributed by atoms with Gasteiger partial charge in [0.05, 0.1) is 12.6 Å². The van der Waals surface area contributed by atoms with Crippen molar-refractivity contribution in [3.63, 3.8) is 0 Å². The van der Waals surface area contributed by atoms with Crippen LogP contribution in [0.3, 0.4) is 0 Å². The third-order valence-electron chi connectivity index (χ3n) is 2.98. The second-order valence-electron chi connectivity index (χ2n) is 5.04. The molecular weight excluding hydrogens is 194 g/mol. The first-order chi connectivity index (χ1) is 6.98. The highest BCUT2D eigenvalue weighted by Gasteiger charge is 2.35. The first kappa shape index (κ1) is 10.2. The van der Waals surface area contributed by atoms with Gasteiger partial charge in [-0.1, -0.05) is 19.0 Å². The standard InChI is InChI=1S/C11H15NO3/c1-11(2)4-7(3-10(13)14)8-6-12-15-9(8)5-11/h6-7H,3-5H2,1-2H3,(H,13,14). The van der Waals surface area contributed by atoms with Crippen molar-refractivity contribution in [2.24, 2.45) is 5.41 Å². The molecule has 1 unspecified atom stereocenters. The highest BCUT2D eigenvalue weighted by atomic mass is 16.5. The Labute approximate surface area is 88.3 Å². The van der Waals surface area contributed by atoms with Gasteiger partial charge in [-0.2, -0.15) is 0 Å². The fraction of sp³-hybridized carbons (Fsp3) is 0.636. The van der Waals surface area contributed by atoms with Gasteiger partial charge in [0.15, 0.2) is 0 Å². The number of rotatable bonds is 2. The largest absolute Gasteiger partial charge is 0.481 e. The lowest BCUT2D eigenvalue weighted by molar-refractivity contribution is -0.137. The zero-order valence-corrected chi connectivity index (χ0v) is 8.99. The molecule has 82 valence electrons. The second kappa shape index (κ2) is 3.36. The fourth-order valence-electron chi connectivity index (χ4n) is 2.42. The van der Waals surface area contributed by atoms with Crippen LogP contribution in [0.1, 0.15) is 43.9 Å². The van der Waals surface area contributed by atoms with E-state index < -0.39 is 5.97 Å². The molecule has 15 heavy (non-hydrogen) atoms. The maximum atomic E-state index is 10.8. The summed E-state index contributed by atoms with van der Waals surface area (Å²) in [6.45, 7) is 4.26. The van der Waals surface area contributed by atoms with E-state index in [1.54, 1.807) is 6.20 Å². The lowest BCUT2D eigenvalue weighted by atomic mass is 9.71. The van der Waals surface area contributed by atoms with Crippen molar-refractivity contribution in [1.29, 1.82) is 0 Å². The number of carbonyl (C=O) groups is 1. The first-order valence-electron chi connectivity index (χ1n) is 5.13. The van der Waals surface area contributed by atoms with Gasteiger partial charge >= 0.3 is 5.97 Å². The molecule has 0 fully saturated rings. The summed E-state index contributed by atoms with van der Waals surface area (Å²) in [4.78, 5) is 10.8. The zero-order valence-electron chi connectivity index (χ0n) is 8.99. The Hall–Kier alpha value is -1.32. The van der Waals surface area contributed by atoms with Gasteiger partial charge in [-0.15, -0.1) is 0 Å². The molecule has 0 aromatic carbocycles. The van der Waals surface area contributed by atoms with Crippen LogP contribution in [0.5, 0.6) is 0 Å². The summed E-state index contributed by atoms with van der Waals surface area (Å²) in [5.74, 6) is 0.148. The minimum absolute atomic E-state index is 0.0486. The molecule has 1 N–H and O–H groups in total. The zero-order chi connectivity index (χ0) is 11.1. The maximum Gasteiger partial charge on any atom is 0.303 e. The lowest BCUT2D eigenvalue weighted by Crippen LogP contribution is -2.25. The molecule has 0 radical (unpaired) electrons. The normalized spacial score (nSPS) is 23.5. The van der Waals surface area contributed by atoms with E-state index in [4.69, 9.17) is 9.63 Å². The molecule has 0 saturated heterocycles. The predicted molar refractivity (Wildman–Crippen MR) is 53.6 cm³/mol. The molecule has 1 atom stereocenters. The van der Waals surface area contributed by atoms with Crippen LogP contribution in [0.4, 0.5) is 0 Å². The fourth-order valence-corrected chi connectivity index (χ4v) is 2.42. The van der Waals surface area contributed by atoms with E-state index in [2.05, 4.69) is 19.0 Å². The minimum Gasteiger partial charge on any atom is -0.481 e. The second-order valence-corrected chi connectivity index (χ2v) is 5.04.